The number of ether oxygens (including phenoxy) is 2. The molecule has 0 amide bonds. The fourth-order valence-electron chi connectivity index (χ4n) is 1.44. The topological polar surface area (TPSA) is 122 Å². The normalized spacial score (nSPS) is 9.67. The van der Waals surface area contributed by atoms with Crippen LogP contribution in [0, 0.1) is 20.2 Å². The van der Waals surface area contributed by atoms with Gasteiger partial charge in [-0.05, 0) is 0 Å². The molecule has 0 radical (unpaired) electrons. The highest BCUT2D eigenvalue weighted by molar-refractivity contribution is 5.90. The molecule has 0 aliphatic carbocycles. The number of nitro groups is 2. The number of nitrogens with zero attached hydrogens (tertiary/aromatic N) is 2. The van der Waals surface area contributed by atoms with Gasteiger partial charge in [0, 0.05) is 0 Å². The Labute approximate surface area is 100 Å². The van der Waals surface area contributed by atoms with Gasteiger partial charge in [0.2, 0.25) is 11.5 Å². The van der Waals surface area contributed by atoms with E-state index in [0.717, 1.165) is 20.3 Å². The quantitative estimate of drug-likeness (QED) is 0.442. The summed E-state index contributed by atoms with van der Waals surface area (Å²) in [5, 5.41) is 21.6. The Morgan fingerprint density at radius 3 is 2.11 bits per heavy atom. The van der Waals surface area contributed by atoms with Crippen LogP contribution in [0.1, 0.15) is 10.4 Å². The molecular weight excluding hydrogens is 248 g/mol. The van der Waals surface area contributed by atoms with Crippen LogP contribution in [0.25, 0.3) is 0 Å². The molecule has 0 aromatic heterocycles. The Hall–Kier alpha value is -2.71. The summed E-state index contributed by atoms with van der Waals surface area (Å²) in [5.41, 5.74) is -1.79. The summed E-state index contributed by atoms with van der Waals surface area (Å²) in [6, 6.07) is 0.837. The number of rotatable bonds is 5. The van der Waals surface area contributed by atoms with Crippen LogP contribution < -0.4 is 9.47 Å². The average molecular weight is 256 g/mol. The Morgan fingerprint density at radius 2 is 1.78 bits per heavy atom. The zero-order valence-electron chi connectivity index (χ0n) is 9.41. The van der Waals surface area contributed by atoms with Crippen LogP contribution in [0.2, 0.25) is 0 Å². The molecule has 0 N–H and O–H groups in total. The van der Waals surface area contributed by atoms with Crippen molar-refractivity contribution in [2.45, 2.75) is 0 Å². The highest BCUT2D eigenvalue weighted by atomic mass is 16.6. The van der Waals surface area contributed by atoms with Gasteiger partial charge in [-0.3, -0.25) is 25.0 Å². The second-order valence-corrected chi connectivity index (χ2v) is 3.03. The van der Waals surface area contributed by atoms with Crippen LogP contribution in [-0.4, -0.2) is 30.4 Å². The number of carbonyl (C=O) groups is 1. The molecule has 0 saturated heterocycles. The van der Waals surface area contributed by atoms with Crippen molar-refractivity contribution >= 4 is 17.7 Å². The van der Waals surface area contributed by atoms with Gasteiger partial charge in [-0.15, -0.1) is 0 Å². The summed E-state index contributed by atoms with van der Waals surface area (Å²) in [4.78, 5) is 30.8. The van der Waals surface area contributed by atoms with E-state index >= 15 is 0 Å². The van der Waals surface area contributed by atoms with E-state index in [2.05, 4.69) is 9.47 Å². The monoisotopic (exact) mass is 256 g/mol. The maximum absolute atomic E-state index is 10.9. The van der Waals surface area contributed by atoms with Crippen molar-refractivity contribution in [3.8, 4) is 11.5 Å². The Balaban J connectivity index is 3.79. The lowest BCUT2D eigenvalue weighted by Gasteiger charge is -2.08. The molecule has 0 saturated carbocycles. The van der Waals surface area contributed by atoms with Crippen LogP contribution in [0.5, 0.6) is 11.5 Å². The van der Waals surface area contributed by atoms with Crippen molar-refractivity contribution in [1.29, 1.82) is 0 Å². The van der Waals surface area contributed by atoms with Crippen LogP contribution in [0.4, 0.5) is 11.4 Å². The number of benzene rings is 1. The third-order valence-corrected chi connectivity index (χ3v) is 2.15. The van der Waals surface area contributed by atoms with Crippen LogP contribution in [-0.2, 0) is 0 Å². The minimum Gasteiger partial charge on any atom is -0.490 e. The van der Waals surface area contributed by atoms with E-state index in [1.165, 1.54) is 0 Å². The zero-order chi connectivity index (χ0) is 13.9. The molecule has 9 heteroatoms. The van der Waals surface area contributed by atoms with Gasteiger partial charge in [-0.25, -0.2) is 0 Å². The summed E-state index contributed by atoms with van der Waals surface area (Å²) in [5.74, 6) is -0.850. The van der Waals surface area contributed by atoms with Gasteiger partial charge in [-0.1, -0.05) is 0 Å². The molecule has 1 rings (SSSR count). The first kappa shape index (κ1) is 13.4. The molecule has 0 spiro atoms. The van der Waals surface area contributed by atoms with Crippen molar-refractivity contribution < 1.29 is 24.1 Å². The maximum atomic E-state index is 10.9. The Bertz CT molecular complexity index is 526. The van der Waals surface area contributed by atoms with Crippen LogP contribution >= 0.6 is 0 Å². The van der Waals surface area contributed by atoms with Crippen molar-refractivity contribution in [2.24, 2.45) is 0 Å². The van der Waals surface area contributed by atoms with Gasteiger partial charge in [-0.2, -0.15) is 0 Å². The van der Waals surface area contributed by atoms with Crippen molar-refractivity contribution in [3.05, 3.63) is 31.9 Å². The van der Waals surface area contributed by atoms with Crippen molar-refractivity contribution in [3.63, 3.8) is 0 Å². The van der Waals surface area contributed by atoms with E-state index in [0.29, 0.717) is 0 Å². The van der Waals surface area contributed by atoms with Crippen molar-refractivity contribution in [1.82, 2.24) is 0 Å². The molecule has 9 nitrogen and oxygen atoms in total. The third kappa shape index (κ3) is 2.05. The van der Waals surface area contributed by atoms with E-state index < -0.39 is 32.5 Å². The minimum atomic E-state index is -0.866. The highest BCUT2D eigenvalue weighted by Gasteiger charge is 2.32. The van der Waals surface area contributed by atoms with Crippen molar-refractivity contribution in [2.75, 3.05) is 14.2 Å². The van der Waals surface area contributed by atoms with E-state index in [1.807, 2.05) is 0 Å². The van der Waals surface area contributed by atoms with Gasteiger partial charge in [0.1, 0.15) is 5.56 Å². The average Bonchev–Trinajstić information content (AvgIpc) is 2.35. The molecule has 18 heavy (non-hydrogen) atoms. The second kappa shape index (κ2) is 5.08. The highest BCUT2D eigenvalue weighted by Crippen LogP contribution is 2.42. The van der Waals surface area contributed by atoms with Gasteiger partial charge in [0.05, 0.1) is 30.1 Å². The summed E-state index contributed by atoms with van der Waals surface area (Å²) >= 11 is 0. The van der Waals surface area contributed by atoms with E-state index in [-0.39, 0.29) is 12.0 Å². The van der Waals surface area contributed by atoms with Gasteiger partial charge in [0.15, 0.2) is 6.29 Å². The molecule has 0 aliphatic heterocycles. The van der Waals surface area contributed by atoms with E-state index in [4.69, 9.17) is 0 Å². The molecule has 0 fully saturated rings. The lowest BCUT2D eigenvalue weighted by atomic mass is 10.1. The fourth-order valence-corrected chi connectivity index (χ4v) is 1.44. The number of hydrogen-bond donors (Lipinski definition) is 0. The first-order valence-electron chi connectivity index (χ1n) is 4.50. The van der Waals surface area contributed by atoms with Gasteiger partial charge in [0.25, 0.3) is 0 Å². The predicted octanol–water partition coefficient (Wildman–Crippen LogP) is 1.33. The zero-order valence-corrected chi connectivity index (χ0v) is 9.41. The number of methoxy groups -OCH3 is 2. The molecule has 0 unspecified atom stereocenters. The standard InChI is InChI=1S/C9H8N2O7/c1-17-7-3-6(10(13)14)9(18-2)5(4-12)8(7)11(15)16/h3-4H,1-2H3. The molecule has 0 atom stereocenters. The smallest absolute Gasteiger partial charge is 0.325 e. The van der Waals surface area contributed by atoms with E-state index in [9.17, 15) is 25.0 Å². The first-order valence-corrected chi connectivity index (χ1v) is 4.50. The number of carbonyl (C=O) groups excluding carboxylic acids is 1. The summed E-state index contributed by atoms with van der Waals surface area (Å²) in [7, 11) is 2.18. The molecule has 1 aromatic carbocycles. The van der Waals surface area contributed by atoms with Crippen LogP contribution in [0.15, 0.2) is 6.07 Å². The predicted molar refractivity (Wildman–Crippen MR) is 58.2 cm³/mol. The summed E-state index contributed by atoms with van der Waals surface area (Å²) in [6.45, 7) is 0. The SMILES string of the molecule is COc1cc([N+](=O)[O-])c(OC)c(C=O)c1[N+](=O)[O-]. The largest absolute Gasteiger partial charge is 0.490 e. The molecule has 0 aliphatic rings. The lowest BCUT2D eigenvalue weighted by molar-refractivity contribution is -0.390. The van der Waals surface area contributed by atoms with Gasteiger partial charge >= 0.3 is 11.4 Å². The van der Waals surface area contributed by atoms with Gasteiger partial charge < -0.3 is 9.47 Å². The first-order chi connectivity index (χ1) is 8.47. The number of aldehydes is 1. The Morgan fingerprint density at radius 1 is 1.17 bits per heavy atom. The minimum absolute atomic E-state index is 0.118. The molecular formula is C9H8N2O7. The molecule has 0 bridgehead atoms. The maximum Gasteiger partial charge on any atom is 0.325 e. The van der Waals surface area contributed by atoms with E-state index in [1.54, 1.807) is 0 Å². The third-order valence-electron chi connectivity index (χ3n) is 2.15. The molecule has 0 heterocycles. The lowest BCUT2D eigenvalue weighted by Crippen LogP contribution is -2.04. The molecule has 96 valence electrons. The molecule has 1 aromatic rings. The Kier molecular flexibility index (Phi) is 3.77. The second-order valence-electron chi connectivity index (χ2n) is 3.03. The van der Waals surface area contributed by atoms with Crippen LogP contribution in [0.3, 0.4) is 0 Å². The summed E-state index contributed by atoms with van der Waals surface area (Å²) < 4.78 is 9.36. The summed E-state index contributed by atoms with van der Waals surface area (Å²) in [6.07, 6.45) is 0.118. The fraction of sp³-hybridized carbons (Fsp3) is 0.222. The number of hydrogen-bond acceptors (Lipinski definition) is 7. The number of nitro benzene ring substituents is 2.